The minimum atomic E-state index is 0.626. The Hall–Kier alpha value is -1.74. The Morgan fingerprint density at radius 1 is 1.15 bits per heavy atom. The minimum absolute atomic E-state index is 0.626. The summed E-state index contributed by atoms with van der Waals surface area (Å²) < 4.78 is 6.89. The van der Waals surface area contributed by atoms with Crippen molar-refractivity contribution in [3.05, 3.63) is 64.6 Å². The van der Waals surface area contributed by atoms with E-state index in [9.17, 15) is 0 Å². The van der Waals surface area contributed by atoms with Crippen molar-refractivity contribution in [3.63, 3.8) is 0 Å². The number of rotatable bonds is 6. The first-order valence-electron chi connectivity index (χ1n) is 6.63. The maximum atomic E-state index is 5.82. The lowest BCUT2D eigenvalue weighted by molar-refractivity contribution is 0.332. The number of ether oxygens (including phenoxy) is 1. The highest BCUT2D eigenvalue weighted by molar-refractivity contribution is 9.10. The van der Waals surface area contributed by atoms with Gasteiger partial charge in [-0.3, -0.25) is 0 Å². The first kappa shape index (κ1) is 14.7. The third-order valence-electron chi connectivity index (χ3n) is 2.78. The molecule has 2 aromatic carbocycles. The van der Waals surface area contributed by atoms with Crippen LogP contribution in [0.1, 0.15) is 12.5 Å². The fraction of sp³-hybridized carbons (Fsp3) is 0.176. The van der Waals surface area contributed by atoms with Crippen molar-refractivity contribution in [2.45, 2.75) is 6.92 Å². The monoisotopic (exact) mass is 331 g/mol. The fourth-order valence-electron chi connectivity index (χ4n) is 1.88. The summed E-state index contributed by atoms with van der Waals surface area (Å²) in [5, 5.41) is 3.33. The van der Waals surface area contributed by atoms with Crippen LogP contribution in [0, 0.1) is 0 Å². The molecular weight excluding hydrogens is 314 g/mol. The van der Waals surface area contributed by atoms with Crippen LogP contribution in [-0.4, -0.2) is 13.2 Å². The summed E-state index contributed by atoms with van der Waals surface area (Å²) in [4.78, 5) is 0. The number of halogens is 1. The molecule has 2 aromatic rings. The van der Waals surface area contributed by atoms with E-state index in [0.29, 0.717) is 6.61 Å². The summed E-state index contributed by atoms with van der Waals surface area (Å²) >= 11 is 3.46. The second-order valence-electron chi connectivity index (χ2n) is 4.32. The Bertz CT molecular complexity index is 581. The fourth-order valence-corrected chi connectivity index (χ4v) is 2.28. The van der Waals surface area contributed by atoms with Gasteiger partial charge in [0.05, 0.1) is 0 Å². The molecule has 3 heteroatoms. The van der Waals surface area contributed by atoms with Gasteiger partial charge in [0.2, 0.25) is 0 Å². The van der Waals surface area contributed by atoms with Crippen molar-refractivity contribution >= 4 is 27.7 Å². The molecule has 0 amide bonds. The van der Waals surface area contributed by atoms with Gasteiger partial charge < -0.3 is 10.1 Å². The Morgan fingerprint density at radius 3 is 2.80 bits per heavy atom. The van der Waals surface area contributed by atoms with E-state index < -0.39 is 0 Å². The molecule has 0 aromatic heterocycles. The summed E-state index contributed by atoms with van der Waals surface area (Å²) in [6.45, 7) is 3.40. The van der Waals surface area contributed by atoms with Gasteiger partial charge in [0.25, 0.3) is 0 Å². The van der Waals surface area contributed by atoms with Gasteiger partial charge >= 0.3 is 0 Å². The maximum absolute atomic E-state index is 5.82. The number of para-hydroxylation sites is 1. The maximum Gasteiger partial charge on any atom is 0.126 e. The number of benzene rings is 2. The van der Waals surface area contributed by atoms with E-state index in [0.717, 1.165) is 28.0 Å². The van der Waals surface area contributed by atoms with Crippen molar-refractivity contribution in [3.8, 4) is 5.75 Å². The van der Waals surface area contributed by atoms with Gasteiger partial charge in [-0.2, -0.15) is 0 Å². The second-order valence-corrected chi connectivity index (χ2v) is 5.24. The Labute approximate surface area is 128 Å². The highest BCUT2D eigenvalue weighted by Gasteiger charge is 1.99. The molecule has 0 unspecified atom stereocenters. The van der Waals surface area contributed by atoms with Gasteiger partial charge in [-0.1, -0.05) is 52.3 Å². The lowest BCUT2D eigenvalue weighted by atomic mass is 10.2. The zero-order valence-electron chi connectivity index (χ0n) is 11.5. The van der Waals surface area contributed by atoms with Crippen molar-refractivity contribution < 1.29 is 4.74 Å². The van der Waals surface area contributed by atoms with E-state index in [1.165, 1.54) is 0 Å². The Balaban J connectivity index is 1.84. The molecule has 0 aliphatic heterocycles. The van der Waals surface area contributed by atoms with E-state index in [1.54, 1.807) is 0 Å². The predicted molar refractivity (Wildman–Crippen MR) is 89.3 cm³/mol. The number of hydrogen-bond donors (Lipinski definition) is 1. The molecule has 0 fully saturated rings. The largest absolute Gasteiger partial charge is 0.491 e. The highest BCUT2D eigenvalue weighted by Crippen LogP contribution is 2.19. The zero-order chi connectivity index (χ0) is 14.2. The topological polar surface area (TPSA) is 21.3 Å². The summed E-state index contributed by atoms with van der Waals surface area (Å²) in [5.74, 6) is 0.918. The number of allylic oxidation sites excluding steroid dienone is 1. The summed E-state index contributed by atoms with van der Waals surface area (Å²) in [5.41, 5.74) is 2.20. The highest BCUT2D eigenvalue weighted by atomic mass is 79.9. The van der Waals surface area contributed by atoms with E-state index in [2.05, 4.69) is 33.4 Å². The molecule has 2 rings (SSSR count). The van der Waals surface area contributed by atoms with Crippen LogP contribution in [0.2, 0.25) is 0 Å². The average Bonchev–Trinajstić information content (AvgIpc) is 2.46. The minimum Gasteiger partial charge on any atom is -0.491 e. The standard InChI is InChI=1S/C17H18BrNO/c1-2-6-14-7-3-4-10-17(14)20-12-11-19-16-9-5-8-15(18)13-16/h2-10,13,19H,11-12H2,1H3. The van der Waals surface area contributed by atoms with Crippen LogP contribution >= 0.6 is 15.9 Å². The van der Waals surface area contributed by atoms with E-state index in [1.807, 2.05) is 55.5 Å². The van der Waals surface area contributed by atoms with Crippen LogP contribution < -0.4 is 10.1 Å². The molecule has 2 nitrogen and oxygen atoms in total. The van der Waals surface area contributed by atoms with Crippen molar-refractivity contribution in [2.75, 3.05) is 18.5 Å². The van der Waals surface area contributed by atoms with E-state index >= 15 is 0 Å². The Kier molecular flexibility index (Phi) is 5.69. The first-order chi connectivity index (χ1) is 9.79. The van der Waals surface area contributed by atoms with E-state index in [4.69, 9.17) is 4.74 Å². The Morgan fingerprint density at radius 2 is 2.00 bits per heavy atom. The van der Waals surface area contributed by atoms with Crippen molar-refractivity contribution in [2.24, 2.45) is 0 Å². The van der Waals surface area contributed by atoms with Crippen LogP contribution in [0.15, 0.2) is 59.1 Å². The SMILES string of the molecule is CC=Cc1ccccc1OCCNc1cccc(Br)c1. The van der Waals surface area contributed by atoms with Crippen molar-refractivity contribution in [1.82, 2.24) is 0 Å². The third kappa shape index (κ3) is 4.42. The molecule has 104 valence electrons. The average molecular weight is 332 g/mol. The van der Waals surface area contributed by atoms with Crippen LogP contribution in [0.4, 0.5) is 5.69 Å². The normalized spacial score (nSPS) is 10.7. The molecule has 0 radical (unpaired) electrons. The summed E-state index contributed by atoms with van der Waals surface area (Å²) in [6.07, 6.45) is 4.07. The zero-order valence-corrected chi connectivity index (χ0v) is 13.1. The molecule has 0 aliphatic carbocycles. The molecule has 0 heterocycles. The predicted octanol–water partition coefficient (Wildman–Crippen LogP) is 4.97. The van der Waals surface area contributed by atoms with Crippen LogP contribution in [0.5, 0.6) is 5.75 Å². The molecule has 0 bridgehead atoms. The molecule has 0 saturated carbocycles. The second kappa shape index (κ2) is 7.75. The van der Waals surface area contributed by atoms with Crippen LogP contribution in [-0.2, 0) is 0 Å². The number of anilines is 1. The third-order valence-corrected chi connectivity index (χ3v) is 3.27. The van der Waals surface area contributed by atoms with Gasteiger partial charge in [0.15, 0.2) is 0 Å². The molecule has 20 heavy (non-hydrogen) atoms. The van der Waals surface area contributed by atoms with Gasteiger partial charge in [0, 0.05) is 22.3 Å². The van der Waals surface area contributed by atoms with Gasteiger partial charge in [-0.15, -0.1) is 0 Å². The molecule has 0 spiro atoms. The van der Waals surface area contributed by atoms with E-state index in [-0.39, 0.29) is 0 Å². The molecule has 0 atom stereocenters. The molecular formula is C17H18BrNO. The first-order valence-corrected chi connectivity index (χ1v) is 7.43. The summed E-state index contributed by atoms with van der Waals surface area (Å²) in [7, 11) is 0. The quantitative estimate of drug-likeness (QED) is 0.754. The smallest absolute Gasteiger partial charge is 0.126 e. The van der Waals surface area contributed by atoms with Crippen LogP contribution in [0.3, 0.4) is 0 Å². The lowest BCUT2D eigenvalue weighted by Gasteiger charge is -2.10. The van der Waals surface area contributed by atoms with Gasteiger partial charge in [-0.05, 0) is 31.2 Å². The van der Waals surface area contributed by atoms with Crippen LogP contribution in [0.25, 0.3) is 6.08 Å². The molecule has 0 aliphatic rings. The van der Waals surface area contributed by atoms with Gasteiger partial charge in [-0.25, -0.2) is 0 Å². The molecule has 0 saturated heterocycles. The number of nitrogens with one attached hydrogen (secondary N) is 1. The van der Waals surface area contributed by atoms with Crippen molar-refractivity contribution in [1.29, 1.82) is 0 Å². The van der Waals surface area contributed by atoms with Gasteiger partial charge in [0.1, 0.15) is 12.4 Å². The summed E-state index contributed by atoms with van der Waals surface area (Å²) in [6, 6.07) is 16.2. The lowest BCUT2D eigenvalue weighted by Crippen LogP contribution is -2.11. The molecule has 1 N–H and O–H groups in total. The number of hydrogen-bond acceptors (Lipinski definition) is 2.